The molecule has 0 heterocycles. The Morgan fingerprint density at radius 3 is 1.95 bits per heavy atom. The van der Waals surface area contributed by atoms with E-state index in [4.69, 9.17) is 19.3 Å². The average molecular weight is 296 g/mol. The molecule has 0 aliphatic rings. The Labute approximate surface area is 123 Å². The number of carbonyl (C=O) groups excluding carboxylic acids is 1. The molecule has 0 spiro atoms. The van der Waals surface area contributed by atoms with Gasteiger partial charge in [-0.05, 0) is 18.1 Å². The molecule has 6 heteroatoms. The summed E-state index contributed by atoms with van der Waals surface area (Å²) in [5.74, 6) is -0.121. The van der Waals surface area contributed by atoms with Crippen LogP contribution in [0, 0.1) is 5.92 Å². The molecule has 6 nitrogen and oxygen atoms in total. The predicted octanol–water partition coefficient (Wildman–Crippen LogP) is 2.40. The van der Waals surface area contributed by atoms with Crippen LogP contribution in [0.2, 0.25) is 0 Å². The third-order valence-electron chi connectivity index (χ3n) is 3.04. The molecule has 1 N–H and O–H groups in total. The van der Waals surface area contributed by atoms with Crippen LogP contribution in [0.15, 0.2) is 12.1 Å². The van der Waals surface area contributed by atoms with Gasteiger partial charge in [0.25, 0.3) is 0 Å². The van der Waals surface area contributed by atoms with Gasteiger partial charge in [0.2, 0.25) is 5.75 Å². The molecular formula is C15H20O6. The number of ketones is 1. The zero-order chi connectivity index (χ0) is 16.0. The summed E-state index contributed by atoms with van der Waals surface area (Å²) in [6.07, 6.45) is 0.0983. The van der Waals surface area contributed by atoms with Gasteiger partial charge >= 0.3 is 5.97 Å². The highest BCUT2D eigenvalue weighted by atomic mass is 16.5. The van der Waals surface area contributed by atoms with E-state index in [9.17, 15) is 9.59 Å². The Hall–Kier alpha value is -2.24. The first-order chi connectivity index (χ1) is 9.92. The minimum atomic E-state index is -0.916. The Bertz CT molecular complexity index is 498. The van der Waals surface area contributed by atoms with E-state index in [1.54, 1.807) is 19.1 Å². The molecule has 21 heavy (non-hydrogen) atoms. The fraction of sp³-hybridized carbons (Fsp3) is 0.467. The first-order valence-electron chi connectivity index (χ1n) is 6.47. The van der Waals surface area contributed by atoms with Crippen molar-refractivity contribution in [1.29, 1.82) is 0 Å². The van der Waals surface area contributed by atoms with E-state index in [1.807, 2.05) is 0 Å². The maximum Gasteiger partial charge on any atom is 0.303 e. The molecule has 0 saturated heterocycles. The van der Waals surface area contributed by atoms with E-state index in [0.717, 1.165) is 0 Å². The highest BCUT2D eigenvalue weighted by molar-refractivity contribution is 5.97. The number of ether oxygens (including phenoxy) is 3. The van der Waals surface area contributed by atoms with Crippen LogP contribution in [0.1, 0.15) is 30.1 Å². The zero-order valence-electron chi connectivity index (χ0n) is 12.6. The maximum absolute atomic E-state index is 12.2. The van der Waals surface area contributed by atoms with Gasteiger partial charge in [-0.15, -0.1) is 0 Å². The minimum Gasteiger partial charge on any atom is -0.493 e. The SMILES string of the molecule is COc1cc(C(=O)CC(C)CC(=O)O)cc(OC)c1OC. The number of benzene rings is 1. The molecule has 116 valence electrons. The third kappa shape index (κ3) is 4.37. The molecule has 1 unspecified atom stereocenters. The number of carbonyl (C=O) groups is 2. The van der Waals surface area contributed by atoms with Gasteiger partial charge in [0.05, 0.1) is 21.3 Å². The van der Waals surface area contributed by atoms with Crippen LogP contribution in [0.4, 0.5) is 0 Å². The van der Waals surface area contributed by atoms with Crippen molar-refractivity contribution < 1.29 is 28.9 Å². The van der Waals surface area contributed by atoms with Crippen molar-refractivity contribution in [2.75, 3.05) is 21.3 Å². The Morgan fingerprint density at radius 2 is 1.57 bits per heavy atom. The molecule has 0 fully saturated rings. The van der Waals surface area contributed by atoms with Crippen molar-refractivity contribution in [3.63, 3.8) is 0 Å². The second kappa shape index (κ2) is 7.52. The molecule has 1 aromatic rings. The third-order valence-corrected chi connectivity index (χ3v) is 3.04. The summed E-state index contributed by atoms with van der Waals surface area (Å²) in [7, 11) is 4.42. The molecule has 0 amide bonds. The first-order valence-corrected chi connectivity index (χ1v) is 6.47. The predicted molar refractivity (Wildman–Crippen MR) is 76.5 cm³/mol. The van der Waals surface area contributed by atoms with Crippen LogP contribution in [-0.4, -0.2) is 38.2 Å². The number of Topliss-reactive ketones (excluding diaryl/α,β-unsaturated/α-hetero) is 1. The van der Waals surface area contributed by atoms with Gasteiger partial charge in [0.15, 0.2) is 17.3 Å². The van der Waals surface area contributed by atoms with Gasteiger partial charge < -0.3 is 19.3 Å². The number of rotatable bonds is 8. The summed E-state index contributed by atoms with van der Waals surface area (Å²) < 4.78 is 15.6. The summed E-state index contributed by atoms with van der Waals surface area (Å²) in [4.78, 5) is 22.9. The number of hydrogen-bond acceptors (Lipinski definition) is 5. The smallest absolute Gasteiger partial charge is 0.303 e. The van der Waals surface area contributed by atoms with Crippen molar-refractivity contribution in [3.05, 3.63) is 17.7 Å². The van der Waals surface area contributed by atoms with Crippen LogP contribution in [0.5, 0.6) is 17.2 Å². The monoisotopic (exact) mass is 296 g/mol. The van der Waals surface area contributed by atoms with Crippen molar-refractivity contribution in [3.8, 4) is 17.2 Å². The van der Waals surface area contributed by atoms with Gasteiger partial charge in [-0.3, -0.25) is 9.59 Å². The van der Waals surface area contributed by atoms with Gasteiger partial charge in [-0.2, -0.15) is 0 Å². The summed E-state index contributed by atoms with van der Waals surface area (Å²) in [5.41, 5.74) is 0.404. The van der Waals surface area contributed by atoms with E-state index in [0.29, 0.717) is 22.8 Å². The highest BCUT2D eigenvalue weighted by Gasteiger charge is 2.19. The average Bonchev–Trinajstić information content (AvgIpc) is 2.44. The number of aliphatic carboxylic acids is 1. The minimum absolute atomic E-state index is 0.0455. The molecule has 1 aromatic carbocycles. The highest BCUT2D eigenvalue weighted by Crippen LogP contribution is 2.38. The summed E-state index contributed by atoms with van der Waals surface area (Å²) in [6.45, 7) is 1.73. The van der Waals surface area contributed by atoms with E-state index >= 15 is 0 Å². The normalized spacial score (nSPS) is 11.6. The molecule has 0 aliphatic heterocycles. The molecule has 0 bridgehead atoms. The summed E-state index contributed by atoms with van der Waals surface area (Å²) >= 11 is 0. The molecule has 0 aromatic heterocycles. The lowest BCUT2D eigenvalue weighted by Gasteiger charge is -2.14. The zero-order valence-corrected chi connectivity index (χ0v) is 12.6. The van der Waals surface area contributed by atoms with E-state index < -0.39 is 5.97 Å². The first kappa shape index (κ1) is 16.8. The van der Waals surface area contributed by atoms with Gasteiger partial charge in [0.1, 0.15) is 0 Å². The fourth-order valence-corrected chi connectivity index (χ4v) is 2.05. The summed E-state index contributed by atoms with van der Waals surface area (Å²) in [5, 5.41) is 8.73. The quantitative estimate of drug-likeness (QED) is 0.742. The van der Waals surface area contributed by atoms with Crippen LogP contribution in [-0.2, 0) is 4.79 Å². The number of carboxylic acids is 1. The van der Waals surface area contributed by atoms with Crippen molar-refractivity contribution in [1.82, 2.24) is 0 Å². The van der Waals surface area contributed by atoms with Crippen LogP contribution in [0.25, 0.3) is 0 Å². The van der Waals surface area contributed by atoms with Gasteiger partial charge in [0, 0.05) is 18.4 Å². The number of carboxylic acid groups (broad SMARTS) is 1. The molecule has 0 aliphatic carbocycles. The topological polar surface area (TPSA) is 82.1 Å². The second-order valence-electron chi connectivity index (χ2n) is 4.74. The van der Waals surface area contributed by atoms with Gasteiger partial charge in [-0.1, -0.05) is 6.92 Å². The molecule has 1 atom stereocenters. The Balaban J connectivity index is 3.02. The van der Waals surface area contributed by atoms with Crippen molar-refractivity contribution in [2.45, 2.75) is 19.8 Å². The molecular weight excluding hydrogens is 276 g/mol. The molecule has 1 rings (SSSR count). The lowest BCUT2D eigenvalue weighted by Crippen LogP contribution is -2.11. The van der Waals surface area contributed by atoms with Crippen molar-refractivity contribution >= 4 is 11.8 Å². The van der Waals surface area contributed by atoms with Crippen LogP contribution < -0.4 is 14.2 Å². The Kier molecular flexibility index (Phi) is 6.02. The summed E-state index contributed by atoms with van der Waals surface area (Å²) in [6, 6.07) is 3.13. The van der Waals surface area contributed by atoms with Crippen LogP contribution >= 0.6 is 0 Å². The van der Waals surface area contributed by atoms with Crippen LogP contribution in [0.3, 0.4) is 0 Å². The lowest BCUT2D eigenvalue weighted by molar-refractivity contribution is -0.137. The lowest BCUT2D eigenvalue weighted by atomic mass is 9.97. The second-order valence-corrected chi connectivity index (χ2v) is 4.74. The molecule has 0 radical (unpaired) electrons. The van der Waals surface area contributed by atoms with E-state index in [-0.39, 0.29) is 24.5 Å². The largest absolute Gasteiger partial charge is 0.493 e. The standard InChI is InChI=1S/C15H20O6/c1-9(6-14(17)18)5-11(16)10-7-12(19-2)15(21-4)13(8-10)20-3/h7-9H,5-6H2,1-4H3,(H,17,18). The molecule has 0 saturated carbocycles. The van der Waals surface area contributed by atoms with E-state index in [2.05, 4.69) is 0 Å². The number of methoxy groups -OCH3 is 3. The van der Waals surface area contributed by atoms with Gasteiger partial charge in [-0.25, -0.2) is 0 Å². The maximum atomic E-state index is 12.2. The van der Waals surface area contributed by atoms with Crippen molar-refractivity contribution in [2.24, 2.45) is 5.92 Å². The van der Waals surface area contributed by atoms with E-state index in [1.165, 1.54) is 21.3 Å². The Morgan fingerprint density at radius 1 is 1.05 bits per heavy atom. The number of hydrogen-bond donors (Lipinski definition) is 1. The fourth-order valence-electron chi connectivity index (χ4n) is 2.05.